The van der Waals surface area contributed by atoms with Crippen molar-refractivity contribution in [3.8, 4) is 22.4 Å². The summed E-state index contributed by atoms with van der Waals surface area (Å²) in [5.74, 6) is -0.406. The highest BCUT2D eigenvalue weighted by Crippen LogP contribution is 2.35. The lowest BCUT2D eigenvalue weighted by atomic mass is 9.99. The van der Waals surface area contributed by atoms with Crippen LogP contribution in [0.25, 0.3) is 22.4 Å². The number of nitrogens with two attached hydrogens (primary N) is 1. The first kappa shape index (κ1) is 15.4. The predicted molar refractivity (Wildman–Crippen MR) is 83.4 cm³/mol. The number of rotatable bonds is 3. The molecule has 5 nitrogen and oxygen atoms in total. The number of hydrogen-bond acceptors (Lipinski definition) is 4. The Bertz CT molecular complexity index is 966. The molecule has 0 radical (unpaired) electrons. The molecule has 0 bridgehead atoms. The third-order valence-electron chi connectivity index (χ3n) is 3.44. The van der Waals surface area contributed by atoms with E-state index < -0.39 is 20.7 Å². The van der Waals surface area contributed by atoms with Crippen molar-refractivity contribution in [3.63, 3.8) is 0 Å². The molecule has 118 valence electrons. The van der Waals surface area contributed by atoms with Gasteiger partial charge in [-0.2, -0.15) is 0 Å². The monoisotopic (exact) mass is 331 g/mol. The molecule has 0 aliphatic carbocycles. The molecule has 0 unspecified atom stereocenters. The Morgan fingerprint density at radius 2 is 1.78 bits per heavy atom. The van der Waals surface area contributed by atoms with E-state index in [0.717, 1.165) is 17.7 Å². The van der Waals surface area contributed by atoms with Crippen molar-refractivity contribution < 1.29 is 17.3 Å². The number of sulfonamides is 1. The predicted octanol–water partition coefficient (Wildman–Crippen LogP) is 3.10. The van der Waals surface area contributed by atoms with Crippen LogP contribution in [0.3, 0.4) is 0 Å². The molecule has 0 fully saturated rings. The van der Waals surface area contributed by atoms with Crippen molar-refractivity contribution in [2.75, 3.05) is 0 Å². The normalized spacial score (nSPS) is 11.6. The molecule has 0 saturated carbocycles. The molecule has 0 spiro atoms. The van der Waals surface area contributed by atoms with Gasteiger partial charge >= 0.3 is 0 Å². The average Bonchev–Trinajstić information content (AvgIpc) is 2.88. The van der Waals surface area contributed by atoms with Crippen LogP contribution in [0.5, 0.6) is 0 Å². The van der Waals surface area contributed by atoms with Crippen molar-refractivity contribution in [3.05, 3.63) is 60.1 Å². The molecule has 0 saturated heterocycles. The van der Waals surface area contributed by atoms with E-state index in [1.54, 1.807) is 6.92 Å². The lowest BCUT2D eigenvalue weighted by molar-refractivity contribution is 0.400. The van der Waals surface area contributed by atoms with E-state index in [2.05, 4.69) is 5.16 Å². The highest BCUT2D eigenvalue weighted by Gasteiger charge is 2.20. The van der Waals surface area contributed by atoms with Gasteiger partial charge < -0.3 is 4.52 Å². The summed E-state index contributed by atoms with van der Waals surface area (Å²) in [6, 6.07) is 13.0. The Morgan fingerprint density at radius 3 is 2.39 bits per heavy atom. The summed E-state index contributed by atoms with van der Waals surface area (Å²) >= 11 is 0. The minimum Gasteiger partial charge on any atom is -0.360 e. The Kier molecular flexibility index (Phi) is 3.75. The van der Waals surface area contributed by atoms with Gasteiger partial charge in [0.15, 0.2) is 0 Å². The van der Waals surface area contributed by atoms with Gasteiger partial charge in [-0.05, 0) is 24.6 Å². The molecule has 0 aliphatic rings. The summed E-state index contributed by atoms with van der Waals surface area (Å²) in [6.07, 6.45) is 0. The second-order valence-corrected chi connectivity index (χ2v) is 6.55. The molecule has 7 heteroatoms. The first-order valence-electron chi connectivity index (χ1n) is 6.72. The summed E-state index contributed by atoms with van der Waals surface area (Å²) in [5.41, 5.74) is 2.45. The van der Waals surface area contributed by atoms with Crippen LogP contribution in [0.1, 0.15) is 5.76 Å². The second-order valence-electron chi connectivity index (χ2n) is 5.02. The van der Waals surface area contributed by atoms with Gasteiger partial charge in [0.1, 0.15) is 22.2 Å². The molecule has 23 heavy (non-hydrogen) atoms. The maximum absolute atomic E-state index is 14.1. The lowest BCUT2D eigenvalue weighted by Crippen LogP contribution is -2.13. The van der Waals surface area contributed by atoms with E-state index in [0.29, 0.717) is 22.6 Å². The van der Waals surface area contributed by atoms with Crippen LogP contribution in [0.2, 0.25) is 0 Å². The molecule has 2 N–H and O–H groups in total. The minimum absolute atomic E-state index is 0.465. The van der Waals surface area contributed by atoms with Gasteiger partial charge in [-0.3, -0.25) is 0 Å². The third kappa shape index (κ3) is 2.88. The number of hydrogen-bond donors (Lipinski definition) is 1. The number of aryl methyl sites for hydroxylation is 1. The molecule has 3 aromatic rings. The summed E-state index contributed by atoms with van der Waals surface area (Å²) < 4.78 is 41.9. The Hall–Kier alpha value is -2.51. The van der Waals surface area contributed by atoms with E-state index in [9.17, 15) is 12.8 Å². The summed E-state index contributed by atoms with van der Waals surface area (Å²) in [7, 11) is -4.11. The number of nitrogens with zero attached hydrogens (tertiary/aromatic N) is 1. The highest BCUT2D eigenvalue weighted by molar-refractivity contribution is 7.89. The number of halogens is 1. The summed E-state index contributed by atoms with van der Waals surface area (Å²) in [4.78, 5) is -0.545. The van der Waals surface area contributed by atoms with Crippen LogP contribution in [-0.4, -0.2) is 13.6 Å². The Labute approximate surface area is 132 Å². The number of benzene rings is 2. The maximum atomic E-state index is 14.1. The fraction of sp³-hybridized carbons (Fsp3) is 0.0625. The molecule has 1 aromatic heterocycles. The fourth-order valence-corrected chi connectivity index (χ4v) is 2.98. The van der Waals surface area contributed by atoms with Crippen molar-refractivity contribution >= 4 is 10.0 Å². The van der Waals surface area contributed by atoms with E-state index in [4.69, 9.17) is 9.66 Å². The first-order chi connectivity index (χ1) is 10.9. The van der Waals surface area contributed by atoms with E-state index in [1.807, 2.05) is 30.3 Å². The van der Waals surface area contributed by atoms with E-state index in [-0.39, 0.29) is 0 Å². The number of aromatic nitrogens is 1. The standard InChI is InChI=1S/C16H13FN2O3S/c1-10-15(16(19-22-10)11-5-3-2-4-6-11)12-7-8-14(13(17)9-12)23(18,20)21/h2-9H,1H3,(H2,18,20,21)/i17-1. The van der Waals surface area contributed by atoms with Crippen molar-refractivity contribution in [1.82, 2.24) is 5.16 Å². The molecule has 0 amide bonds. The van der Waals surface area contributed by atoms with Gasteiger partial charge in [-0.1, -0.05) is 41.6 Å². The molecular formula is C16H13FN2O3S. The molecule has 3 rings (SSSR count). The second kappa shape index (κ2) is 5.60. The topological polar surface area (TPSA) is 86.2 Å². The zero-order chi connectivity index (χ0) is 16.6. The van der Waals surface area contributed by atoms with Crippen LogP contribution in [0.4, 0.5) is 4.39 Å². The fourth-order valence-electron chi connectivity index (χ4n) is 2.39. The maximum Gasteiger partial charge on any atom is 0.240 e. The molecule has 0 atom stereocenters. The van der Waals surface area contributed by atoms with Crippen LogP contribution < -0.4 is 5.14 Å². The van der Waals surface area contributed by atoms with Gasteiger partial charge in [0.25, 0.3) is 0 Å². The van der Waals surface area contributed by atoms with Gasteiger partial charge in [-0.15, -0.1) is 0 Å². The van der Waals surface area contributed by atoms with Gasteiger partial charge in [0, 0.05) is 5.56 Å². The van der Waals surface area contributed by atoms with Crippen LogP contribution in [-0.2, 0) is 10.0 Å². The van der Waals surface area contributed by atoms with Crippen LogP contribution in [0, 0.1) is 12.7 Å². The Balaban J connectivity index is 2.17. The smallest absolute Gasteiger partial charge is 0.240 e. The molecule has 2 aromatic carbocycles. The lowest BCUT2D eigenvalue weighted by Gasteiger charge is -2.06. The summed E-state index contributed by atoms with van der Waals surface area (Å²) in [6.45, 7) is 1.71. The van der Waals surface area contributed by atoms with E-state index in [1.165, 1.54) is 6.07 Å². The van der Waals surface area contributed by atoms with Gasteiger partial charge in [0.05, 0.1) is 5.56 Å². The highest BCUT2D eigenvalue weighted by atomic mass is 32.2. The average molecular weight is 331 g/mol. The minimum atomic E-state index is -4.11. The quantitative estimate of drug-likeness (QED) is 0.799. The first-order valence-corrected chi connectivity index (χ1v) is 8.27. The molecule has 1 heterocycles. The van der Waals surface area contributed by atoms with Gasteiger partial charge in [-0.25, -0.2) is 17.9 Å². The van der Waals surface area contributed by atoms with Crippen molar-refractivity contribution in [1.29, 1.82) is 0 Å². The van der Waals surface area contributed by atoms with Crippen molar-refractivity contribution in [2.45, 2.75) is 11.8 Å². The zero-order valence-electron chi connectivity index (χ0n) is 12.2. The molecule has 0 aliphatic heterocycles. The number of primary sulfonamides is 1. The SMILES string of the molecule is Cc1onc(-c2ccccc2)c1-c1ccc(S(N)(=O)=O)c([18F])c1. The van der Waals surface area contributed by atoms with E-state index >= 15 is 0 Å². The van der Waals surface area contributed by atoms with Gasteiger partial charge in [0.2, 0.25) is 10.0 Å². The van der Waals surface area contributed by atoms with Crippen LogP contribution in [0.15, 0.2) is 57.9 Å². The van der Waals surface area contributed by atoms with Crippen molar-refractivity contribution in [2.24, 2.45) is 5.14 Å². The molecular weight excluding hydrogens is 318 g/mol. The largest absolute Gasteiger partial charge is 0.360 e. The van der Waals surface area contributed by atoms with Crippen LogP contribution >= 0.6 is 0 Å². The zero-order valence-corrected chi connectivity index (χ0v) is 13.0. The Morgan fingerprint density at radius 1 is 1.09 bits per heavy atom. The third-order valence-corrected chi connectivity index (χ3v) is 4.38. The summed E-state index contributed by atoms with van der Waals surface area (Å²) in [5, 5.41) is 9.00.